The van der Waals surface area contributed by atoms with Crippen molar-refractivity contribution in [2.45, 2.75) is 46.1 Å². The third-order valence-corrected chi connectivity index (χ3v) is 4.43. The summed E-state index contributed by atoms with van der Waals surface area (Å²) in [5, 5.41) is 0. The van der Waals surface area contributed by atoms with E-state index in [0.717, 1.165) is 6.54 Å². The summed E-state index contributed by atoms with van der Waals surface area (Å²) >= 11 is 0. The van der Waals surface area contributed by atoms with Crippen LogP contribution in [-0.2, 0) is 5.41 Å². The van der Waals surface area contributed by atoms with Crippen LogP contribution in [0, 0.1) is 5.41 Å². The summed E-state index contributed by atoms with van der Waals surface area (Å²) in [6, 6.07) is 11.1. The van der Waals surface area contributed by atoms with Gasteiger partial charge in [0.25, 0.3) is 0 Å². The Morgan fingerprint density at radius 2 is 1.63 bits per heavy atom. The molecule has 108 valence electrons. The molecule has 19 heavy (non-hydrogen) atoms. The Bertz CT molecular complexity index is 380. The van der Waals surface area contributed by atoms with Crippen molar-refractivity contribution in [1.29, 1.82) is 0 Å². The van der Waals surface area contributed by atoms with Crippen molar-refractivity contribution in [2.75, 3.05) is 20.1 Å². The Labute approximate surface area is 119 Å². The molecule has 2 heteroatoms. The monoisotopic (exact) mass is 262 g/mol. The van der Waals surface area contributed by atoms with E-state index in [-0.39, 0.29) is 10.8 Å². The number of likely N-dealkylation sites (N-methyl/N-ethyl adjacent to an activating group) is 1. The molecule has 0 saturated heterocycles. The molecule has 0 aromatic heterocycles. The quantitative estimate of drug-likeness (QED) is 0.882. The zero-order valence-electron chi connectivity index (χ0n) is 13.4. The number of rotatable bonds is 5. The number of hydrogen-bond donors (Lipinski definition) is 1. The van der Waals surface area contributed by atoms with Gasteiger partial charge >= 0.3 is 0 Å². The van der Waals surface area contributed by atoms with E-state index in [4.69, 9.17) is 5.73 Å². The highest BCUT2D eigenvalue weighted by atomic mass is 15.1. The lowest BCUT2D eigenvalue weighted by Gasteiger charge is -2.41. The zero-order valence-corrected chi connectivity index (χ0v) is 13.4. The van der Waals surface area contributed by atoms with Crippen LogP contribution in [0.25, 0.3) is 0 Å². The van der Waals surface area contributed by atoms with Gasteiger partial charge in [-0.2, -0.15) is 0 Å². The van der Waals surface area contributed by atoms with E-state index in [2.05, 4.69) is 76.9 Å². The van der Waals surface area contributed by atoms with E-state index in [0.29, 0.717) is 12.6 Å². The molecular weight excluding hydrogens is 232 g/mol. The summed E-state index contributed by atoms with van der Waals surface area (Å²) in [5.41, 5.74) is 7.68. The third kappa shape index (κ3) is 4.05. The normalized spacial score (nSPS) is 17.3. The molecule has 2 atom stereocenters. The summed E-state index contributed by atoms with van der Waals surface area (Å²) in [7, 11) is 2.20. The molecule has 2 N–H and O–H groups in total. The number of nitrogens with two attached hydrogens (primary N) is 1. The van der Waals surface area contributed by atoms with Crippen LogP contribution in [-0.4, -0.2) is 31.1 Å². The maximum atomic E-state index is 6.07. The molecule has 2 unspecified atom stereocenters. The number of hydrogen-bond acceptors (Lipinski definition) is 2. The molecule has 1 aromatic carbocycles. The van der Waals surface area contributed by atoms with Gasteiger partial charge in [0.05, 0.1) is 0 Å². The van der Waals surface area contributed by atoms with Gasteiger partial charge in [-0.3, -0.25) is 0 Å². The largest absolute Gasteiger partial charge is 0.330 e. The number of nitrogens with zero attached hydrogens (tertiary/aromatic N) is 1. The summed E-state index contributed by atoms with van der Waals surface area (Å²) in [5.74, 6) is 0. The molecule has 0 radical (unpaired) electrons. The molecule has 0 aliphatic rings. The predicted molar refractivity (Wildman–Crippen MR) is 84.4 cm³/mol. The van der Waals surface area contributed by atoms with E-state index < -0.39 is 0 Å². The molecule has 1 aromatic rings. The number of benzene rings is 1. The Morgan fingerprint density at radius 3 is 2.05 bits per heavy atom. The molecule has 0 saturated carbocycles. The van der Waals surface area contributed by atoms with E-state index in [1.165, 1.54) is 5.56 Å². The van der Waals surface area contributed by atoms with E-state index in [9.17, 15) is 0 Å². The molecule has 0 heterocycles. The maximum absolute atomic E-state index is 6.07. The van der Waals surface area contributed by atoms with Gasteiger partial charge in [-0.15, -0.1) is 0 Å². The van der Waals surface area contributed by atoms with Crippen LogP contribution in [0.1, 0.15) is 40.2 Å². The molecule has 0 aliphatic carbocycles. The van der Waals surface area contributed by atoms with Crippen molar-refractivity contribution in [3.63, 3.8) is 0 Å². The zero-order chi connectivity index (χ0) is 14.7. The van der Waals surface area contributed by atoms with Crippen molar-refractivity contribution >= 4 is 0 Å². The Kier molecular flexibility index (Phi) is 5.17. The Balaban J connectivity index is 2.88. The van der Waals surface area contributed by atoms with Gasteiger partial charge in [-0.1, -0.05) is 58.0 Å². The van der Waals surface area contributed by atoms with Crippen LogP contribution >= 0.6 is 0 Å². The Hall–Kier alpha value is -0.860. The van der Waals surface area contributed by atoms with Crippen LogP contribution in [0.5, 0.6) is 0 Å². The van der Waals surface area contributed by atoms with Gasteiger partial charge in [0, 0.05) is 24.5 Å². The second-order valence-electron chi connectivity index (χ2n) is 7.09. The first-order valence-electron chi connectivity index (χ1n) is 7.16. The van der Waals surface area contributed by atoms with Crippen LogP contribution in [0.15, 0.2) is 30.3 Å². The second kappa shape index (κ2) is 6.06. The van der Waals surface area contributed by atoms with Crippen LogP contribution in [0.2, 0.25) is 0 Å². The summed E-state index contributed by atoms with van der Waals surface area (Å²) < 4.78 is 0. The summed E-state index contributed by atoms with van der Waals surface area (Å²) in [4.78, 5) is 2.43. The average molecular weight is 262 g/mol. The van der Waals surface area contributed by atoms with E-state index in [1.54, 1.807) is 0 Å². The van der Waals surface area contributed by atoms with Crippen LogP contribution < -0.4 is 5.73 Å². The minimum Gasteiger partial charge on any atom is -0.330 e. The first-order valence-corrected chi connectivity index (χ1v) is 7.16. The standard InChI is InChI=1S/C17H30N2/c1-14(16(2,3)4)19(6)13-17(5,12-18)15-10-8-7-9-11-15/h7-11,14H,12-13,18H2,1-6H3. The molecule has 0 bridgehead atoms. The molecule has 0 spiro atoms. The fraction of sp³-hybridized carbons (Fsp3) is 0.647. The van der Waals surface area contributed by atoms with Gasteiger partial charge in [-0.05, 0) is 24.9 Å². The van der Waals surface area contributed by atoms with Crippen LogP contribution in [0.4, 0.5) is 0 Å². The minimum absolute atomic E-state index is 0.00944. The second-order valence-corrected chi connectivity index (χ2v) is 7.09. The lowest BCUT2D eigenvalue weighted by Crippen LogP contribution is -2.48. The van der Waals surface area contributed by atoms with Crippen molar-refractivity contribution in [1.82, 2.24) is 4.90 Å². The van der Waals surface area contributed by atoms with Crippen molar-refractivity contribution in [3.05, 3.63) is 35.9 Å². The summed E-state index contributed by atoms with van der Waals surface area (Å²) in [6.45, 7) is 13.1. The van der Waals surface area contributed by atoms with Gasteiger partial charge < -0.3 is 10.6 Å². The van der Waals surface area contributed by atoms with Gasteiger partial charge in [0.1, 0.15) is 0 Å². The highest BCUT2D eigenvalue weighted by molar-refractivity contribution is 5.25. The molecular formula is C17H30N2. The SMILES string of the molecule is CC(N(C)CC(C)(CN)c1ccccc1)C(C)(C)C. The lowest BCUT2D eigenvalue weighted by molar-refractivity contribution is 0.117. The minimum atomic E-state index is 0.00944. The first kappa shape index (κ1) is 16.2. The maximum Gasteiger partial charge on any atom is 0.0174 e. The highest BCUT2D eigenvalue weighted by Crippen LogP contribution is 2.28. The molecule has 0 amide bonds. The molecule has 1 rings (SSSR count). The molecule has 0 aliphatic heterocycles. The Morgan fingerprint density at radius 1 is 1.11 bits per heavy atom. The molecule has 2 nitrogen and oxygen atoms in total. The fourth-order valence-corrected chi connectivity index (χ4v) is 2.46. The average Bonchev–Trinajstić information content (AvgIpc) is 2.37. The fourth-order valence-electron chi connectivity index (χ4n) is 2.46. The predicted octanol–water partition coefficient (Wildman–Crippen LogP) is 3.27. The van der Waals surface area contributed by atoms with E-state index in [1.807, 2.05) is 0 Å². The van der Waals surface area contributed by atoms with Gasteiger partial charge in [0.15, 0.2) is 0 Å². The van der Waals surface area contributed by atoms with Crippen molar-refractivity contribution in [2.24, 2.45) is 11.1 Å². The molecule has 0 fully saturated rings. The lowest BCUT2D eigenvalue weighted by atomic mass is 9.80. The third-order valence-electron chi connectivity index (χ3n) is 4.43. The van der Waals surface area contributed by atoms with Gasteiger partial charge in [-0.25, -0.2) is 0 Å². The van der Waals surface area contributed by atoms with Gasteiger partial charge in [0.2, 0.25) is 0 Å². The first-order chi connectivity index (χ1) is 8.70. The van der Waals surface area contributed by atoms with Crippen molar-refractivity contribution < 1.29 is 0 Å². The topological polar surface area (TPSA) is 29.3 Å². The summed E-state index contributed by atoms with van der Waals surface area (Å²) in [6.07, 6.45) is 0. The van der Waals surface area contributed by atoms with Crippen LogP contribution in [0.3, 0.4) is 0 Å². The smallest absolute Gasteiger partial charge is 0.0174 e. The van der Waals surface area contributed by atoms with Crippen molar-refractivity contribution in [3.8, 4) is 0 Å². The highest BCUT2D eigenvalue weighted by Gasteiger charge is 2.31. The van der Waals surface area contributed by atoms with E-state index >= 15 is 0 Å².